The zero-order valence-corrected chi connectivity index (χ0v) is 39.8. The van der Waals surface area contributed by atoms with Crippen LogP contribution >= 0.6 is 0 Å². The average molecular weight is 904 g/mol. The van der Waals surface area contributed by atoms with E-state index in [-0.39, 0.29) is 5.41 Å². The maximum Gasteiger partial charge on any atom is 0.0725 e. The lowest BCUT2D eigenvalue weighted by Crippen LogP contribution is -2.29. The van der Waals surface area contributed by atoms with Gasteiger partial charge in [-0.1, -0.05) is 232 Å². The second-order valence-corrected chi connectivity index (χ2v) is 19.9. The van der Waals surface area contributed by atoms with Crippen LogP contribution in [0.1, 0.15) is 47.2 Å². The molecule has 71 heavy (non-hydrogen) atoms. The first kappa shape index (κ1) is 41.2. The van der Waals surface area contributed by atoms with Gasteiger partial charge in [-0.05, 0) is 148 Å². The van der Waals surface area contributed by atoms with Crippen LogP contribution in [0.5, 0.6) is 0 Å². The number of hydrogen-bond acceptors (Lipinski definition) is 1. The summed E-state index contributed by atoms with van der Waals surface area (Å²) in [6.45, 7) is 4.82. The molecule has 0 fully saturated rings. The summed E-state index contributed by atoms with van der Waals surface area (Å²) in [7, 11) is 0. The van der Waals surface area contributed by atoms with Crippen LogP contribution in [-0.2, 0) is 10.8 Å². The first-order chi connectivity index (χ1) is 35.0. The van der Waals surface area contributed by atoms with Gasteiger partial charge >= 0.3 is 0 Å². The van der Waals surface area contributed by atoms with E-state index in [1.54, 1.807) is 0 Å². The summed E-state index contributed by atoms with van der Waals surface area (Å²) in [6.07, 6.45) is 0. The number of anilines is 3. The maximum absolute atomic E-state index is 2.53. The van der Waals surface area contributed by atoms with Gasteiger partial charge < -0.3 is 4.90 Å². The normalized spacial score (nSPS) is 13.7. The third-order valence-electron chi connectivity index (χ3n) is 15.9. The Balaban J connectivity index is 0.904. The fourth-order valence-electron chi connectivity index (χ4n) is 12.7. The van der Waals surface area contributed by atoms with Crippen molar-refractivity contribution in [2.24, 2.45) is 0 Å². The monoisotopic (exact) mass is 903 g/mol. The Bertz CT molecular complexity index is 3830. The Kier molecular flexibility index (Phi) is 9.22. The molecule has 0 bridgehead atoms. The van der Waals surface area contributed by atoms with Gasteiger partial charge in [0, 0.05) is 22.4 Å². The molecule has 0 saturated heterocycles. The SMILES string of the molecule is CC1(C)c2cc(-c3ccc4c(c3)C3(c5ccccc5-c5ccccc5-c5ccccc53)c3ccccc3-4)ccc2-c2ccc(N(c3ccc(-c4ccccc4)cc3)c3ccccc3-c3ccccc3)cc21. The van der Waals surface area contributed by atoms with Gasteiger partial charge in [-0.15, -0.1) is 0 Å². The minimum absolute atomic E-state index is 0.266. The van der Waals surface area contributed by atoms with Crippen molar-refractivity contribution in [1.29, 1.82) is 0 Å². The van der Waals surface area contributed by atoms with Gasteiger partial charge in [0.05, 0.1) is 11.1 Å². The molecule has 1 spiro atoms. The highest BCUT2D eigenvalue weighted by Gasteiger charge is 2.50. The van der Waals surface area contributed by atoms with Crippen molar-refractivity contribution in [3.63, 3.8) is 0 Å². The predicted octanol–water partition coefficient (Wildman–Crippen LogP) is 18.5. The summed E-state index contributed by atoms with van der Waals surface area (Å²) in [5.74, 6) is 0. The summed E-state index contributed by atoms with van der Waals surface area (Å²) in [6, 6.07) is 97.4. The van der Waals surface area contributed by atoms with E-state index in [0.717, 1.165) is 17.1 Å². The van der Waals surface area contributed by atoms with Crippen molar-refractivity contribution in [2.45, 2.75) is 24.7 Å². The summed E-state index contributed by atoms with van der Waals surface area (Å²) >= 11 is 0. The van der Waals surface area contributed by atoms with Gasteiger partial charge in [0.1, 0.15) is 0 Å². The number of benzene rings is 11. The molecule has 0 unspecified atom stereocenters. The lowest BCUT2D eigenvalue weighted by atomic mass is 9.65. The highest BCUT2D eigenvalue weighted by molar-refractivity contribution is 5.98. The van der Waals surface area contributed by atoms with Crippen molar-refractivity contribution in [2.75, 3.05) is 4.90 Å². The Morgan fingerprint density at radius 2 is 0.606 bits per heavy atom. The average Bonchev–Trinajstić information content (AvgIpc) is 3.81. The van der Waals surface area contributed by atoms with E-state index < -0.39 is 5.41 Å². The molecular weight excluding hydrogens is 855 g/mol. The van der Waals surface area contributed by atoms with E-state index in [1.807, 2.05) is 0 Å². The zero-order valence-electron chi connectivity index (χ0n) is 39.8. The summed E-state index contributed by atoms with van der Waals surface area (Å²) in [5.41, 5.74) is 28.2. The van der Waals surface area contributed by atoms with E-state index in [4.69, 9.17) is 0 Å². The van der Waals surface area contributed by atoms with Gasteiger partial charge in [-0.3, -0.25) is 0 Å². The third kappa shape index (κ3) is 6.13. The Morgan fingerprint density at radius 3 is 1.18 bits per heavy atom. The molecule has 0 N–H and O–H groups in total. The van der Waals surface area contributed by atoms with Gasteiger partial charge in [0.15, 0.2) is 0 Å². The van der Waals surface area contributed by atoms with Crippen LogP contribution in [-0.4, -0.2) is 0 Å². The van der Waals surface area contributed by atoms with Crippen LogP contribution in [0, 0.1) is 0 Å². The molecule has 3 aliphatic carbocycles. The molecule has 0 radical (unpaired) electrons. The Labute approximate surface area is 416 Å². The fourth-order valence-corrected chi connectivity index (χ4v) is 12.7. The van der Waals surface area contributed by atoms with E-state index >= 15 is 0 Å². The van der Waals surface area contributed by atoms with Crippen molar-refractivity contribution in [1.82, 2.24) is 0 Å². The third-order valence-corrected chi connectivity index (χ3v) is 15.9. The number of fused-ring (bicyclic) bond motifs is 15. The molecule has 0 atom stereocenters. The van der Waals surface area contributed by atoms with Crippen LogP contribution < -0.4 is 4.90 Å². The van der Waals surface area contributed by atoms with Crippen molar-refractivity contribution in [3.8, 4) is 77.9 Å². The molecule has 0 amide bonds. The molecule has 0 heterocycles. The fraction of sp³-hybridized carbons (Fsp3) is 0.0571. The Morgan fingerprint density at radius 1 is 0.239 bits per heavy atom. The number of rotatable bonds is 6. The van der Waals surface area contributed by atoms with Crippen molar-refractivity contribution in [3.05, 3.63) is 294 Å². The molecule has 11 aromatic carbocycles. The second-order valence-electron chi connectivity index (χ2n) is 19.9. The van der Waals surface area contributed by atoms with E-state index in [9.17, 15) is 0 Å². The van der Waals surface area contributed by atoms with Crippen LogP contribution in [0.15, 0.2) is 261 Å². The first-order valence-electron chi connectivity index (χ1n) is 24.9. The van der Waals surface area contributed by atoms with Crippen LogP contribution in [0.3, 0.4) is 0 Å². The number of hydrogen-bond donors (Lipinski definition) is 0. The van der Waals surface area contributed by atoms with E-state index in [0.29, 0.717) is 0 Å². The van der Waals surface area contributed by atoms with Gasteiger partial charge in [0.2, 0.25) is 0 Å². The smallest absolute Gasteiger partial charge is 0.0725 e. The molecule has 334 valence electrons. The lowest BCUT2D eigenvalue weighted by Gasteiger charge is -2.35. The minimum Gasteiger partial charge on any atom is -0.310 e. The standard InChI is InChI=1S/C70H49N/c1-69(2)65-43-49(50-36-41-61-58-28-13-17-31-64(58)70(67(61)44-50)62-29-15-11-26-56(62)54-24-9-10-25-55(54)57-27-12-16-30-63(57)70)35-40-59(65)60-42-39-52(45-66(60)69)71(51-37-33-47(34-38-51)46-19-5-3-6-20-46)68-32-18-14-23-53(68)48-21-7-4-8-22-48/h3-45H,1-2H3. The molecule has 3 aliphatic rings. The largest absolute Gasteiger partial charge is 0.310 e. The molecule has 0 aromatic heterocycles. The molecule has 14 rings (SSSR count). The highest BCUT2D eigenvalue weighted by atomic mass is 15.1. The van der Waals surface area contributed by atoms with E-state index in [1.165, 1.54) is 111 Å². The van der Waals surface area contributed by atoms with Crippen LogP contribution in [0.2, 0.25) is 0 Å². The topological polar surface area (TPSA) is 3.24 Å². The zero-order chi connectivity index (χ0) is 47.3. The molecule has 11 aromatic rings. The summed E-state index contributed by atoms with van der Waals surface area (Å²) in [5, 5.41) is 0. The summed E-state index contributed by atoms with van der Waals surface area (Å²) in [4.78, 5) is 2.45. The second kappa shape index (κ2) is 15.9. The lowest BCUT2D eigenvalue weighted by molar-refractivity contribution is 0.660. The predicted molar refractivity (Wildman–Crippen MR) is 297 cm³/mol. The quantitative estimate of drug-likeness (QED) is 0.161. The minimum atomic E-state index is -0.524. The molecular formula is C70H49N. The number of nitrogens with zero attached hydrogens (tertiary/aromatic N) is 1. The molecule has 0 aliphatic heterocycles. The molecule has 1 nitrogen and oxygen atoms in total. The summed E-state index contributed by atoms with van der Waals surface area (Å²) < 4.78 is 0. The van der Waals surface area contributed by atoms with Gasteiger partial charge in [-0.2, -0.15) is 0 Å². The maximum atomic E-state index is 2.53. The Hall–Kier alpha value is -8.78. The first-order valence-corrected chi connectivity index (χ1v) is 24.9. The van der Waals surface area contributed by atoms with Gasteiger partial charge in [-0.25, -0.2) is 0 Å². The van der Waals surface area contributed by atoms with Crippen LogP contribution in [0.4, 0.5) is 17.1 Å². The molecule has 1 heteroatoms. The van der Waals surface area contributed by atoms with Crippen molar-refractivity contribution < 1.29 is 0 Å². The van der Waals surface area contributed by atoms with E-state index in [2.05, 4.69) is 280 Å². The van der Waals surface area contributed by atoms with Crippen molar-refractivity contribution >= 4 is 17.1 Å². The molecule has 0 saturated carbocycles. The highest BCUT2D eigenvalue weighted by Crippen LogP contribution is 2.62. The number of para-hydroxylation sites is 1. The van der Waals surface area contributed by atoms with Gasteiger partial charge in [0.25, 0.3) is 0 Å². The van der Waals surface area contributed by atoms with Crippen LogP contribution in [0.25, 0.3) is 77.9 Å².